The van der Waals surface area contributed by atoms with Crippen molar-refractivity contribution in [2.24, 2.45) is 11.1 Å². The number of carbonyl (C=O) groups is 2. The molecule has 16 heavy (non-hydrogen) atoms. The lowest BCUT2D eigenvalue weighted by Gasteiger charge is -2.21. The molecule has 1 amide bonds. The van der Waals surface area contributed by atoms with Crippen LogP contribution in [0.25, 0.3) is 0 Å². The third-order valence-electron chi connectivity index (χ3n) is 3.40. The number of amides is 1. The van der Waals surface area contributed by atoms with Crippen molar-refractivity contribution in [1.82, 2.24) is 5.32 Å². The van der Waals surface area contributed by atoms with Gasteiger partial charge in [0.25, 0.3) is 0 Å². The van der Waals surface area contributed by atoms with Crippen LogP contribution in [-0.4, -0.2) is 42.3 Å². The van der Waals surface area contributed by atoms with Gasteiger partial charge < -0.3 is 20.9 Å². The summed E-state index contributed by atoms with van der Waals surface area (Å²) in [5, 5.41) is 11.6. The average Bonchev–Trinajstić information content (AvgIpc) is 2.92. The van der Waals surface area contributed by atoms with E-state index in [1.165, 1.54) is 0 Å². The Kier molecular flexibility index (Phi) is 2.63. The summed E-state index contributed by atoms with van der Waals surface area (Å²) in [5.74, 6) is -1.15. The summed E-state index contributed by atoms with van der Waals surface area (Å²) in [6, 6.07) is 0. The molecule has 2 aliphatic rings. The fourth-order valence-corrected chi connectivity index (χ4v) is 1.80. The number of hydrogen-bond acceptors (Lipinski definition) is 4. The van der Waals surface area contributed by atoms with Crippen LogP contribution in [0.4, 0.5) is 0 Å². The number of carbonyl (C=O) groups excluding carboxylic acids is 1. The molecule has 0 radical (unpaired) electrons. The standard InChI is InChI=1S/C10H16N2O4/c11-10(3-4-16-6-10)7(13)12-5-9(1-2-9)8(14)15/h1-6,11H2,(H,12,13)(H,14,15). The van der Waals surface area contributed by atoms with Crippen LogP contribution in [0.15, 0.2) is 0 Å². The minimum Gasteiger partial charge on any atom is -0.481 e. The summed E-state index contributed by atoms with van der Waals surface area (Å²) in [7, 11) is 0. The van der Waals surface area contributed by atoms with Crippen molar-refractivity contribution in [2.45, 2.75) is 24.8 Å². The highest BCUT2D eigenvalue weighted by atomic mass is 16.5. The van der Waals surface area contributed by atoms with Gasteiger partial charge in [0.15, 0.2) is 0 Å². The molecule has 1 aliphatic heterocycles. The maximum Gasteiger partial charge on any atom is 0.311 e. The second-order valence-electron chi connectivity index (χ2n) is 4.73. The summed E-state index contributed by atoms with van der Waals surface area (Å²) in [6.45, 7) is 0.854. The minimum absolute atomic E-state index is 0.167. The molecule has 1 saturated heterocycles. The highest BCUT2D eigenvalue weighted by Gasteiger charge is 2.51. The smallest absolute Gasteiger partial charge is 0.311 e. The van der Waals surface area contributed by atoms with Crippen LogP contribution in [0.5, 0.6) is 0 Å². The molecule has 0 aromatic rings. The first-order valence-corrected chi connectivity index (χ1v) is 5.37. The minimum atomic E-state index is -0.978. The van der Waals surface area contributed by atoms with Gasteiger partial charge in [0, 0.05) is 13.2 Å². The van der Waals surface area contributed by atoms with Crippen molar-refractivity contribution in [3.63, 3.8) is 0 Å². The topological polar surface area (TPSA) is 102 Å². The Morgan fingerprint density at radius 1 is 1.38 bits per heavy atom. The van der Waals surface area contributed by atoms with E-state index in [1.807, 2.05) is 0 Å². The number of nitrogens with one attached hydrogen (secondary N) is 1. The highest BCUT2D eigenvalue weighted by Crippen LogP contribution is 2.45. The van der Waals surface area contributed by atoms with Crippen molar-refractivity contribution in [3.05, 3.63) is 0 Å². The Hall–Kier alpha value is -1.14. The Morgan fingerprint density at radius 3 is 2.50 bits per heavy atom. The quantitative estimate of drug-likeness (QED) is 0.578. The predicted molar refractivity (Wildman–Crippen MR) is 54.7 cm³/mol. The third kappa shape index (κ3) is 1.90. The Balaban J connectivity index is 1.86. The van der Waals surface area contributed by atoms with Crippen molar-refractivity contribution in [3.8, 4) is 0 Å². The molecule has 6 nitrogen and oxygen atoms in total. The Morgan fingerprint density at radius 2 is 2.06 bits per heavy atom. The van der Waals surface area contributed by atoms with Crippen LogP contribution in [-0.2, 0) is 14.3 Å². The molecule has 1 atom stereocenters. The van der Waals surface area contributed by atoms with Gasteiger partial charge in [-0.1, -0.05) is 0 Å². The van der Waals surface area contributed by atoms with E-state index >= 15 is 0 Å². The zero-order valence-electron chi connectivity index (χ0n) is 8.99. The molecule has 2 fully saturated rings. The molecule has 4 N–H and O–H groups in total. The lowest BCUT2D eigenvalue weighted by atomic mass is 9.98. The van der Waals surface area contributed by atoms with E-state index in [4.69, 9.17) is 15.6 Å². The van der Waals surface area contributed by atoms with E-state index in [2.05, 4.69) is 5.32 Å². The second kappa shape index (κ2) is 3.71. The third-order valence-corrected chi connectivity index (χ3v) is 3.40. The lowest BCUT2D eigenvalue weighted by Crippen LogP contribution is -2.55. The number of carboxylic acids is 1. The molecule has 0 aromatic heterocycles. The first kappa shape index (κ1) is 11.3. The second-order valence-corrected chi connectivity index (χ2v) is 4.73. The molecular formula is C10H16N2O4. The SMILES string of the molecule is NC1(C(=O)NCC2(C(=O)O)CC2)CCOC1. The first-order valence-electron chi connectivity index (χ1n) is 5.37. The molecule has 1 unspecified atom stereocenters. The van der Waals surface area contributed by atoms with Crippen LogP contribution in [0.1, 0.15) is 19.3 Å². The number of rotatable bonds is 4. The zero-order chi connectivity index (χ0) is 11.8. The van der Waals surface area contributed by atoms with Crippen LogP contribution >= 0.6 is 0 Å². The van der Waals surface area contributed by atoms with E-state index in [9.17, 15) is 9.59 Å². The molecule has 2 rings (SSSR count). The maximum absolute atomic E-state index is 11.8. The van der Waals surface area contributed by atoms with Gasteiger partial charge in [0.05, 0.1) is 12.0 Å². The highest BCUT2D eigenvalue weighted by molar-refractivity contribution is 5.87. The van der Waals surface area contributed by atoms with Gasteiger partial charge >= 0.3 is 5.97 Å². The first-order chi connectivity index (χ1) is 7.49. The summed E-state index contributed by atoms with van der Waals surface area (Å²) in [4.78, 5) is 22.6. The predicted octanol–water partition coefficient (Wildman–Crippen LogP) is -0.915. The average molecular weight is 228 g/mol. The normalized spacial score (nSPS) is 31.1. The molecule has 0 aromatic carbocycles. The van der Waals surface area contributed by atoms with E-state index in [0.29, 0.717) is 25.9 Å². The van der Waals surface area contributed by atoms with E-state index in [-0.39, 0.29) is 19.1 Å². The van der Waals surface area contributed by atoms with Crippen molar-refractivity contribution in [1.29, 1.82) is 0 Å². The summed E-state index contributed by atoms with van der Waals surface area (Å²) < 4.78 is 5.07. The molecule has 0 bridgehead atoms. The lowest BCUT2D eigenvalue weighted by molar-refractivity contribution is -0.143. The summed E-state index contributed by atoms with van der Waals surface area (Å²) in [5.41, 5.74) is 4.12. The largest absolute Gasteiger partial charge is 0.481 e. The fraction of sp³-hybridized carbons (Fsp3) is 0.800. The number of nitrogens with two attached hydrogens (primary N) is 1. The number of hydrogen-bond donors (Lipinski definition) is 3. The van der Waals surface area contributed by atoms with Crippen LogP contribution in [0.3, 0.4) is 0 Å². The number of ether oxygens (including phenoxy) is 1. The monoisotopic (exact) mass is 228 g/mol. The van der Waals surface area contributed by atoms with Gasteiger partial charge in [-0.25, -0.2) is 0 Å². The van der Waals surface area contributed by atoms with Gasteiger partial charge in [-0.05, 0) is 19.3 Å². The van der Waals surface area contributed by atoms with Gasteiger partial charge in [-0.3, -0.25) is 9.59 Å². The van der Waals surface area contributed by atoms with Crippen molar-refractivity contribution >= 4 is 11.9 Å². The molecule has 1 aliphatic carbocycles. The Labute approximate surface area is 93.1 Å². The van der Waals surface area contributed by atoms with E-state index in [1.54, 1.807) is 0 Å². The molecular weight excluding hydrogens is 212 g/mol. The van der Waals surface area contributed by atoms with Crippen LogP contribution < -0.4 is 11.1 Å². The number of aliphatic carboxylic acids is 1. The van der Waals surface area contributed by atoms with Gasteiger partial charge in [0.1, 0.15) is 5.54 Å². The maximum atomic E-state index is 11.8. The van der Waals surface area contributed by atoms with Crippen LogP contribution in [0, 0.1) is 5.41 Å². The molecule has 6 heteroatoms. The van der Waals surface area contributed by atoms with E-state index < -0.39 is 16.9 Å². The van der Waals surface area contributed by atoms with Gasteiger partial charge in [-0.2, -0.15) is 0 Å². The van der Waals surface area contributed by atoms with Gasteiger partial charge in [0.2, 0.25) is 5.91 Å². The summed E-state index contributed by atoms with van der Waals surface area (Å²) >= 11 is 0. The molecule has 1 saturated carbocycles. The zero-order valence-corrected chi connectivity index (χ0v) is 8.99. The fourth-order valence-electron chi connectivity index (χ4n) is 1.80. The van der Waals surface area contributed by atoms with E-state index in [0.717, 1.165) is 0 Å². The van der Waals surface area contributed by atoms with Crippen molar-refractivity contribution in [2.75, 3.05) is 19.8 Å². The van der Waals surface area contributed by atoms with Crippen molar-refractivity contribution < 1.29 is 19.4 Å². The molecule has 1 heterocycles. The number of carboxylic acid groups (broad SMARTS) is 1. The molecule has 0 spiro atoms. The Bertz CT molecular complexity index is 319. The van der Waals surface area contributed by atoms with Crippen LogP contribution in [0.2, 0.25) is 0 Å². The van der Waals surface area contributed by atoms with Gasteiger partial charge in [-0.15, -0.1) is 0 Å². The molecule has 90 valence electrons. The summed E-state index contributed by atoms with van der Waals surface area (Å²) in [6.07, 6.45) is 1.73.